The Balaban J connectivity index is 1.44. The maximum atomic E-state index is 12.2. The predicted molar refractivity (Wildman–Crippen MR) is 127 cm³/mol. The van der Waals surface area contributed by atoms with Crippen LogP contribution in [0.2, 0.25) is 0 Å². The van der Waals surface area contributed by atoms with Gasteiger partial charge in [-0.15, -0.1) is 0 Å². The van der Waals surface area contributed by atoms with Crippen LogP contribution in [0.4, 0.5) is 11.5 Å². The highest BCUT2D eigenvalue weighted by atomic mass is 16.5. The van der Waals surface area contributed by atoms with Gasteiger partial charge < -0.3 is 19.6 Å². The molecule has 0 saturated carbocycles. The zero-order valence-electron chi connectivity index (χ0n) is 19.6. The van der Waals surface area contributed by atoms with Gasteiger partial charge in [-0.25, -0.2) is 0 Å². The number of aromatic nitrogens is 4. The summed E-state index contributed by atoms with van der Waals surface area (Å²) < 4.78 is 9.59. The Morgan fingerprint density at radius 3 is 2.88 bits per heavy atom. The van der Waals surface area contributed by atoms with Crippen LogP contribution < -0.4 is 4.90 Å². The van der Waals surface area contributed by atoms with E-state index in [1.54, 1.807) is 11.6 Å². The maximum absolute atomic E-state index is 12.2. The van der Waals surface area contributed by atoms with Crippen molar-refractivity contribution in [3.05, 3.63) is 47.4 Å². The van der Waals surface area contributed by atoms with Crippen LogP contribution in [0.25, 0.3) is 11.1 Å². The van der Waals surface area contributed by atoms with Crippen molar-refractivity contribution in [2.24, 2.45) is 7.05 Å². The van der Waals surface area contributed by atoms with Crippen LogP contribution in [0.1, 0.15) is 36.2 Å². The van der Waals surface area contributed by atoms with Gasteiger partial charge in [0.2, 0.25) is 5.91 Å². The molecule has 1 amide bonds. The number of ether oxygens (including phenoxy) is 1. The number of amides is 1. The molecule has 3 aromatic rings. The van der Waals surface area contributed by atoms with Gasteiger partial charge in [0.15, 0.2) is 5.82 Å². The summed E-state index contributed by atoms with van der Waals surface area (Å²) in [6.45, 7) is 4.76. The number of aliphatic hydroxyl groups is 1. The summed E-state index contributed by atoms with van der Waals surface area (Å²) in [5, 5.41) is 20.2. The summed E-state index contributed by atoms with van der Waals surface area (Å²) in [6.07, 6.45) is 5.67. The first kappa shape index (κ1) is 21.4. The summed E-state index contributed by atoms with van der Waals surface area (Å²) in [5.74, 6) is 0.927. The second-order valence-corrected chi connectivity index (χ2v) is 9.62. The SMILES string of the molecule is CC(=O)N1CCc2c(c(N3CC(O)Cc4cc(-c5cnn(C)c5)ccc43)nn2C2CCOC2)C1. The molecule has 1 fully saturated rings. The molecular weight excluding hydrogens is 432 g/mol. The second-order valence-electron chi connectivity index (χ2n) is 9.62. The van der Waals surface area contributed by atoms with Crippen LogP contribution in [0, 0.1) is 0 Å². The molecule has 2 aromatic heterocycles. The first-order chi connectivity index (χ1) is 16.5. The quantitative estimate of drug-likeness (QED) is 0.642. The summed E-state index contributed by atoms with van der Waals surface area (Å²) in [7, 11) is 1.91. The number of fused-ring (bicyclic) bond motifs is 2. The van der Waals surface area contributed by atoms with Crippen molar-refractivity contribution in [3.8, 4) is 11.1 Å². The topological polar surface area (TPSA) is 88.7 Å². The highest BCUT2D eigenvalue weighted by Gasteiger charge is 2.35. The Bertz CT molecular complexity index is 1240. The molecule has 0 bridgehead atoms. The van der Waals surface area contributed by atoms with Gasteiger partial charge in [0.05, 0.1) is 38.0 Å². The zero-order chi connectivity index (χ0) is 23.4. The fourth-order valence-corrected chi connectivity index (χ4v) is 5.52. The lowest BCUT2D eigenvalue weighted by molar-refractivity contribution is -0.129. The molecule has 2 unspecified atom stereocenters. The van der Waals surface area contributed by atoms with Crippen molar-refractivity contribution in [2.75, 3.05) is 31.2 Å². The highest BCUT2D eigenvalue weighted by Crippen LogP contribution is 2.40. The zero-order valence-corrected chi connectivity index (χ0v) is 19.6. The molecule has 6 rings (SSSR count). The monoisotopic (exact) mass is 462 g/mol. The number of benzene rings is 1. The van der Waals surface area contributed by atoms with Crippen molar-refractivity contribution < 1.29 is 14.6 Å². The number of rotatable bonds is 3. The fourth-order valence-electron chi connectivity index (χ4n) is 5.52. The third-order valence-electron chi connectivity index (χ3n) is 7.27. The first-order valence-corrected chi connectivity index (χ1v) is 12.0. The molecule has 5 heterocycles. The lowest BCUT2D eigenvalue weighted by Gasteiger charge is -2.34. The van der Waals surface area contributed by atoms with Crippen molar-refractivity contribution >= 4 is 17.4 Å². The molecule has 1 aromatic carbocycles. The van der Waals surface area contributed by atoms with Crippen LogP contribution in [-0.2, 0) is 36.0 Å². The summed E-state index contributed by atoms with van der Waals surface area (Å²) in [4.78, 5) is 16.2. The third-order valence-corrected chi connectivity index (χ3v) is 7.27. The molecule has 3 aliphatic heterocycles. The van der Waals surface area contributed by atoms with E-state index in [4.69, 9.17) is 9.84 Å². The van der Waals surface area contributed by atoms with Crippen LogP contribution in [-0.4, -0.2) is 67.9 Å². The van der Waals surface area contributed by atoms with E-state index in [0.29, 0.717) is 32.7 Å². The van der Waals surface area contributed by atoms with Gasteiger partial charge in [-0.05, 0) is 29.7 Å². The predicted octanol–water partition coefficient (Wildman–Crippen LogP) is 2.20. The van der Waals surface area contributed by atoms with Gasteiger partial charge in [0, 0.05) is 68.7 Å². The molecule has 1 saturated heterocycles. The van der Waals surface area contributed by atoms with E-state index in [2.05, 4.69) is 32.9 Å². The van der Waals surface area contributed by atoms with Gasteiger partial charge in [-0.1, -0.05) is 6.07 Å². The number of β-amino-alcohol motifs (C(OH)–C–C–N with tert-alkyl or cyclic N) is 1. The van der Waals surface area contributed by atoms with E-state index in [0.717, 1.165) is 53.2 Å². The molecule has 34 heavy (non-hydrogen) atoms. The molecule has 3 aliphatic rings. The van der Waals surface area contributed by atoms with E-state index in [9.17, 15) is 9.90 Å². The Hall–Kier alpha value is -3.17. The Morgan fingerprint density at radius 1 is 1.26 bits per heavy atom. The van der Waals surface area contributed by atoms with Crippen LogP contribution in [0.15, 0.2) is 30.6 Å². The van der Waals surface area contributed by atoms with E-state index in [1.807, 2.05) is 24.3 Å². The van der Waals surface area contributed by atoms with E-state index in [-0.39, 0.29) is 11.9 Å². The number of anilines is 2. The number of nitrogens with zero attached hydrogens (tertiary/aromatic N) is 6. The van der Waals surface area contributed by atoms with Crippen LogP contribution >= 0.6 is 0 Å². The van der Waals surface area contributed by atoms with E-state index in [1.165, 1.54) is 5.69 Å². The minimum Gasteiger partial charge on any atom is -0.391 e. The molecule has 1 N–H and O–H groups in total. The number of aryl methyl sites for hydroxylation is 1. The molecule has 9 nitrogen and oxygen atoms in total. The minimum atomic E-state index is -0.500. The van der Waals surface area contributed by atoms with Crippen molar-refractivity contribution in [1.82, 2.24) is 24.5 Å². The number of aliphatic hydroxyl groups excluding tert-OH is 1. The molecule has 2 atom stereocenters. The molecule has 0 spiro atoms. The second kappa shape index (κ2) is 8.25. The van der Waals surface area contributed by atoms with Crippen molar-refractivity contribution in [2.45, 2.75) is 44.9 Å². The van der Waals surface area contributed by atoms with Gasteiger partial charge in [0.1, 0.15) is 0 Å². The smallest absolute Gasteiger partial charge is 0.219 e. The Morgan fingerprint density at radius 2 is 2.15 bits per heavy atom. The van der Waals surface area contributed by atoms with Gasteiger partial charge in [0.25, 0.3) is 0 Å². The lowest BCUT2D eigenvalue weighted by Crippen LogP contribution is -2.38. The third kappa shape index (κ3) is 3.59. The van der Waals surface area contributed by atoms with Gasteiger partial charge in [-0.2, -0.15) is 10.2 Å². The lowest BCUT2D eigenvalue weighted by atomic mass is 9.95. The standard InChI is InChI=1S/C25H30N6O3/c1-16(32)29-7-5-24-22(14-29)25(27-31(24)20-6-8-34-15-20)30-13-21(33)10-18-9-17(3-4-23(18)30)19-11-26-28(2)12-19/h3-4,9,11-12,20-21,33H,5-8,10,13-15H2,1-2H3. The Kier molecular flexibility index (Phi) is 5.18. The van der Waals surface area contributed by atoms with E-state index < -0.39 is 6.10 Å². The van der Waals surface area contributed by atoms with Crippen LogP contribution in [0.5, 0.6) is 0 Å². The number of carbonyl (C=O) groups is 1. The van der Waals surface area contributed by atoms with Crippen molar-refractivity contribution in [3.63, 3.8) is 0 Å². The van der Waals surface area contributed by atoms with E-state index >= 15 is 0 Å². The largest absolute Gasteiger partial charge is 0.391 e. The molecular formula is C25H30N6O3. The molecule has 0 aliphatic carbocycles. The summed E-state index contributed by atoms with van der Waals surface area (Å²) >= 11 is 0. The average molecular weight is 463 g/mol. The van der Waals surface area contributed by atoms with Crippen molar-refractivity contribution in [1.29, 1.82) is 0 Å². The van der Waals surface area contributed by atoms with Gasteiger partial charge >= 0.3 is 0 Å². The average Bonchev–Trinajstić information content (AvgIpc) is 3.57. The molecule has 178 valence electrons. The minimum absolute atomic E-state index is 0.0775. The van der Waals surface area contributed by atoms with Gasteiger partial charge in [-0.3, -0.25) is 14.2 Å². The number of carbonyl (C=O) groups excluding carboxylic acids is 1. The highest BCUT2D eigenvalue weighted by molar-refractivity contribution is 5.76. The fraction of sp³-hybridized carbons (Fsp3) is 0.480. The molecule has 0 radical (unpaired) electrons. The molecule has 9 heteroatoms. The first-order valence-electron chi connectivity index (χ1n) is 12.0. The maximum Gasteiger partial charge on any atom is 0.219 e. The normalized spacial score (nSPS) is 22.1. The Labute approximate surface area is 198 Å². The summed E-state index contributed by atoms with van der Waals surface area (Å²) in [5.41, 5.74) is 6.57. The number of hydrogen-bond acceptors (Lipinski definition) is 6. The number of hydrogen-bond donors (Lipinski definition) is 1. The van der Waals surface area contributed by atoms with Crippen LogP contribution in [0.3, 0.4) is 0 Å². The summed E-state index contributed by atoms with van der Waals surface area (Å²) in [6, 6.07) is 6.60.